The zero-order valence-corrected chi connectivity index (χ0v) is 12.2. The van der Waals surface area contributed by atoms with Crippen LogP contribution in [0.1, 0.15) is 27.4 Å². The van der Waals surface area contributed by atoms with E-state index in [-0.39, 0.29) is 5.78 Å². The molecule has 0 radical (unpaired) electrons. The number of nitrogens with zero attached hydrogens (tertiary/aromatic N) is 1. The number of Topliss-reactive ketones (excluding diaryl/α,β-unsaturated/α-hetero) is 1. The van der Waals surface area contributed by atoms with Gasteiger partial charge in [0.1, 0.15) is 5.92 Å². The maximum Gasteiger partial charge on any atom is 0.184 e. The van der Waals surface area contributed by atoms with E-state index in [9.17, 15) is 10.1 Å². The second-order valence-corrected chi connectivity index (χ2v) is 5.23. The van der Waals surface area contributed by atoms with Crippen molar-refractivity contribution in [2.24, 2.45) is 0 Å². The molecule has 20 heavy (non-hydrogen) atoms. The van der Waals surface area contributed by atoms with Gasteiger partial charge in [-0.2, -0.15) is 5.26 Å². The van der Waals surface area contributed by atoms with Crippen molar-refractivity contribution in [2.75, 3.05) is 0 Å². The van der Waals surface area contributed by atoms with Gasteiger partial charge in [0.25, 0.3) is 0 Å². The zero-order chi connectivity index (χ0) is 14.7. The van der Waals surface area contributed by atoms with Crippen LogP contribution in [0, 0.1) is 18.3 Å². The van der Waals surface area contributed by atoms with Gasteiger partial charge < -0.3 is 0 Å². The Labute approximate surface area is 127 Å². The van der Waals surface area contributed by atoms with Crippen molar-refractivity contribution < 1.29 is 4.79 Å². The molecule has 0 aliphatic rings. The summed E-state index contributed by atoms with van der Waals surface area (Å²) in [4.78, 5) is 12.5. The van der Waals surface area contributed by atoms with Gasteiger partial charge in [-0.05, 0) is 36.2 Å². The van der Waals surface area contributed by atoms with Gasteiger partial charge in [-0.15, -0.1) is 0 Å². The average molecular weight is 304 g/mol. The Hall–Kier alpha value is -1.82. The van der Waals surface area contributed by atoms with Crippen molar-refractivity contribution in [2.45, 2.75) is 12.8 Å². The topological polar surface area (TPSA) is 40.9 Å². The number of carbonyl (C=O) groups is 1. The molecule has 2 nitrogen and oxygen atoms in total. The van der Waals surface area contributed by atoms with Crippen molar-refractivity contribution in [1.82, 2.24) is 0 Å². The molecule has 0 aliphatic carbocycles. The van der Waals surface area contributed by atoms with E-state index >= 15 is 0 Å². The fraction of sp³-hybridized carbons (Fsp3) is 0.125. The number of benzene rings is 2. The predicted molar refractivity (Wildman–Crippen MR) is 80.3 cm³/mol. The first-order valence-electron chi connectivity index (χ1n) is 5.99. The van der Waals surface area contributed by atoms with E-state index < -0.39 is 5.92 Å². The lowest BCUT2D eigenvalue weighted by Crippen LogP contribution is -2.12. The Morgan fingerprint density at radius 2 is 1.80 bits per heavy atom. The molecule has 1 atom stereocenters. The molecule has 2 aromatic carbocycles. The molecule has 0 amide bonds. The summed E-state index contributed by atoms with van der Waals surface area (Å²) >= 11 is 11.8. The largest absolute Gasteiger partial charge is 0.292 e. The molecule has 0 saturated heterocycles. The van der Waals surface area contributed by atoms with Crippen LogP contribution in [0.25, 0.3) is 0 Å². The van der Waals surface area contributed by atoms with E-state index in [4.69, 9.17) is 23.2 Å². The van der Waals surface area contributed by atoms with Crippen LogP contribution in [0.15, 0.2) is 42.5 Å². The van der Waals surface area contributed by atoms with Gasteiger partial charge in [0, 0.05) is 15.6 Å². The number of nitriles is 1. The van der Waals surface area contributed by atoms with E-state index in [1.54, 1.807) is 49.4 Å². The second kappa shape index (κ2) is 6.09. The predicted octanol–water partition coefficient (Wildman–Crippen LogP) is 4.79. The van der Waals surface area contributed by atoms with Crippen molar-refractivity contribution in [1.29, 1.82) is 5.26 Å². The normalized spacial score (nSPS) is 11.7. The summed E-state index contributed by atoms with van der Waals surface area (Å²) in [5.41, 5.74) is 1.79. The Bertz CT molecular complexity index is 687. The van der Waals surface area contributed by atoms with Gasteiger partial charge in [-0.1, -0.05) is 47.5 Å². The Morgan fingerprint density at radius 3 is 2.40 bits per heavy atom. The molecule has 2 rings (SSSR count). The van der Waals surface area contributed by atoms with E-state index in [1.165, 1.54) is 0 Å². The highest BCUT2D eigenvalue weighted by molar-refractivity contribution is 6.32. The molecule has 0 N–H and O–H groups in total. The fourth-order valence-corrected chi connectivity index (χ4v) is 2.27. The summed E-state index contributed by atoms with van der Waals surface area (Å²) in [6.45, 7) is 1.77. The van der Waals surface area contributed by atoms with Gasteiger partial charge in [-0.25, -0.2) is 0 Å². The maximum absolute atomic E-state index is 12.5. The monoisotopic (exact) mass is 303 g/mol. The molecule has 1 unspecified atom stereocenters. The summed E-state index contributed by atoms with van der Waals surface area (Å²) in [5.74, 6) is -1.11. The van der Waals surface area contributed by atoms with Crippen LogP contribution >= 0.6 is 23.2 Å². The first-order valence-corrected chi connectivity index (χ1v) is 6.74. The highest BCUT2D eigenvalue weighted by Gasteiger charge is 2.23. The lowest BCUT2D eigenvalue weighted by Gasteiger charge is -2.11. The van der Waals surface area contributed by atoms with Crippen molar-refractivity contribution in [3.8, 4) is 6.07 Å². The molecule has 2 aromatic rings. The zero-order valence-electron chi connectivity index (χ0n) is 10.7. The summed E-state index contributed by atoms with van der Waals surface area (Å²) in [6, 6.07) is 13.9. The third-order valence-corrected chi connectivity index (χ3v) is 3.79. The maximum atomic E-state index is 12.5. The van der Waals surface area contributed by atoms with Crippen LogP contribution < -0.4 is 0 Å². The molecule has 4 heteroatoms. The SMILES string of the molecule is Cc1c(Cl)cccc1C(=O)C(C#N)c1ccc(Cl)cc1. The Morgan fingerprint density at radius 1 is 1.15 bits per heavy atom. The quantitative estimate of drug-likeness (QED) is 0.765. The number of carbonyl (C=O) groups excluding carboxylic acids is 1. The van der Waals surface area contributed by atoms with Crippen LogP contribution in [0.3, 0.4) is 0 Å². The summed E-state index contributed by atoms with van der Waals surface area (Å²) in [7, 11) is 0. The molecule has 0 fully saturated rings. The third-order valence-electron chi connectivity index (χ3n) is 3.13. The third kappa shape index (κ3) is 2.85. The van der Waals surface area contributed by atoms with Crippen molar-refractivity contribution >= 4 is 29.0 Å². The lowest BCUT2D eigenvalue weighted by atomic mass is 9.90. The molecule has 0 bridgehead atoms. The molecule has 0 aliphatic heterocycles. The number of ketones is 1. The summed E-state index contributed by atoms with van der Waals surface area (Å²) < 4.78 is 0. The average Bonchev–Trinajstić information content (AvgIpc) is 2.44. The van der Waals surface area contributed by atoms with Crippen LogP contribution in [-0.2, 0) is 0 Å². The standard InChI is InChI=1S/C16H11Cl2NO/c1-10-13(3-2-4-15(10)18)16(20)14(9-19)11-5-7-12(17)8-6-11/h2-8,14H,1H3. The molecular formula is C16H11Cl2NO. The van der Waals surface area contributed by atoms with E-state index in [0.29, 0.717) is 26.7 Å². The van der Waals surface area contributed by atoms with Crippen molar-refractivity contribution in [3.63, 3.8) is 0 Å². The summed E-state index contributed by atoms with van der Waals surface area (Å²) in [5, 5.41) is 10.4. The number of rotatable bonds is 3. The minimum atomic E-state index is -0.857. The number of hydrogen-bond acceptors (Lipinski definition) is 2. The highest BCUT2D eigenvalue weighted by Crippen LogP contribution is 2.26. The fourth-order valence-electron chi connectivity index (χ4n) is 1.97. The molecule has 0 aromatic heterocycles. The van der Waals surface area contributed by atoms with Gasteiger partial charge in [0.2, 0.25) is 0 Å². The molecule has 0 saturated carbocycles. The Balaban J connectivity index is 2.42. The molecule has 100 valence electrons. The van der Waals surface area contributed by atoms with Gasteiger partial charge in [-0.3, -0.25) is 4.79 Å². The lowest BCUT2D eigenvalue weighted by molar-refractivity contribution is 0.0978. The van der Waals surface area contributed by atoms with Crippen LogP contribution in [0.4, 0.5) is 0 Å². The second-order valence-electron chi connectivity index (χ2n) is 4.39. The minimum absolute atomic E-state index is 0.255. The van der Waals surface area contributed by atoms with Crippen LogP contribution in [-0.4, -0.2) is 5.78 Å². The van der Waals surface area contributed by atoms with E-state index in [2.05, 4.69) is 0 Å². The molecule has 0 spiro atoms. The smallest absolute Gasteiger partial charge is 0.184 e. The molecule has 0 heterocycles. The highest BCUT2D eigenvalue weighted by atomic mass is 35.5. The van der Waals surface area contributed by atoms with Crippen LogP contribution in [0.2, 0.25) is 10.0 Å². The summed E-state index contributed by atoms with van der Waals surface area (Å²) in [6.07, 6.45) is 0. The number of hydrogen-bond donors (Lipinski definition) is 0. The van der Waals surface area contributed by atoms with Gasteiger partial charge in [0.15, 0.2) is 5.78 Å². The van der Waals surface area contributed by atoms with E-state index in [0.717, 1.165) is 0 Å². The number of halogens is 2. The van der Waals surface area contributed by atoms with Gasteiger partial charge in [0.05, 0.1) is 6.07 Å². The van der Waals surface area contributed by atoms with Crippen molar-refractivity contribution in [3.05, 3.63) is 69.2 Å². The van der Waals surface area contributed by atoms with Gasteiger partial charge >= 0.3 is 0 Å². The first-order chi connectivity index (χ1) is 9.54. The van der Waals surface area contributed by atoms with Crippen LogP contribution in [0.5, 0.6) is 0 Å². The molecular weight excluding hydrogens is 293 g/mol. The minimum Gasteiger partial charge on any atom is -0.292 e. The first kappa shape index (κ1) is 14.6. The van der Waals surface area contributed by atoms with E-state index in [1.807, 2.05) is 6.07 Å². The Kier molecular flexibility index (Phi) is 4.44.